The van der Waals surface area contributed by atoms with Crippen LogP contribution >= 0.6 is 0 Å². The summed E-state index contributed by atoms with van der Waals surface area (Å²) < 4.78 is 34.1. The highest BCUT2D eigenvalue weighted by atomic mass is 32.2. The number of carbonyl (C=O) groups excluding carboxylic acids is 1. The average Bonchev–Trinajstić information content (AvgIpc) is 2.86. The summed E-state index contributed by atoms with van der Waals surface area (Å²) in [5, 5.41) is 1.10. The first-order valence-corrected chi connectivity index (χ1v) is 13.5. The molecule has 0 saturated carbocycles. The van der Waals surface area contributed by atoms with E-state index in [1.165, 1.54) is 12.5 Å². The van der Waals surface area contributed by atoms with Gasteiger partial charge in [-0.05, 0) is 54.3 Å². The molecule has 35 heavy (non-hydrogen) atoms. The van der Waals surface area contributed by atoms with Gasteiger partial charge in [-0.1, -0.05) is 37.4 Å². The largest absolute Gasteiger partial charge is 0.381 e. The molecule has 2 aliphatic rings. The van der Waals surface area contributed by atoms with E-state index in [4.69, 9.17) is 4.74 Å². The lowest BCUT2D eigenvalue weighted by Gasteiger charge is -2.37. The molecule has 0 aliphatic carbocycles. The third kappa shape index (κ3) is 6.20. The van der Waals surface area contributed by atoms with Gasteiger partial charge in [-0.25, -0.2) is 8.42 Å². The van der Waals surface area contributed by atoms with Crippen LogP contribution in [0.15, 0.2) is 61.2 Å². The normalized spacial score (nSPS) is 20.2. The average molecular weight is 498 g/mol. The molecular weight excluding hydrogens is 462 g/mol. The summed E-state index contributed by atoms with van der Waals surface area (Å²) in [6.07, 6.45) is 3.65. The van der Waals surface area contributed by atoms with Crippen molar-refractivity contribution in [1.82, 2.24) is 9.80 Å². The number of anilines is 1. The van der Waals surface area contributed by atoms with Crippen LogP contribution in [-0.4, -0.2) is 70.1 Å². The second kappa shape index (κ2) is 11.2. The number of hydrogen-bond donors (Lipinski definition) is 1. The van der Waals surface area contributed by atoms with E-state index < -0.39 is 10.0 Å². The second-order valence-corrected chi connectivity index (χ2v) is 10.7. The predicted octanol–water partition coefficient (Wildman–Crippen LogP) is 2.26. The van der Waals surface area contributed by atoms with E-state index >= 15 is 0 Å². The Morgan fingerprint density at radius 1 is 1.11 bits per heavy atom. The van der Waals surface area contributed by atoms with Crippen molar-refractivity contribution in [1.29, 1.82) is 0 Å². The molecule has 188 valence electrons. The molecule has 0 bridgehead atoms. The Hall–Kier alpha value is -2.94. The molecule has 2 aromatic rings. The van der Waals surface area contributed by atoms with Crippen LogP contribution in [0.2, 0.25) is 0 Å². The number of benzene rings is 2. The molecule has 7 nitrogen and oxygen atoms in total. The fraction of sp³-hybridized carbons (Fsp3) is 0.370. The van der Waals surface area contributed by atoms with E-state index in [1.807, 2.05) is 4.90 Å². The van der Waals surface area contributed by atoms with Crippen LogP contribution in [0.4, 0.5) is 5.69 Å². The van der Waals surface area contributed by atoms with Crippen molar-refractivity contribution < 1.29 is 19.4 Å². The van der Waals surface area contributed by atoms with Gasteiger partial charge in [0.2, 0.25) is 0 Å². The van der Waals surface area contributed by atoms with Gasteiger partial charge < -0.3 is 9.64 Å². The van der Waals surface area contributed by atoms with E-state index in [1.54, 1.807) is 48.5 Å². The standard InChI is InChI=1S/C27H33N3O4S.H2/c1-3-26(25-9-5-4-7-21(25)2)35(32,33)28-24-12-10-23(11-13-24)27(31)30-16-14-29(15-17-30)19-22-8-6-18-34-20-22;/h3-5,7,9-13,22,28H,1-2,6,8,14-20H2;1H/b26-25+;. The molecule has 2 aliphatic heterocycles. The topological polar surface area (TPSA) is 79.0 Å². The van der Waals surface area contributed by atoms with Gasteiger partial charge in [-0.15, -0.1) is 0 Å². The van der Waals surface area contributed by atoms with Crippen LogP contribution in [0.3, 0.4) is 0 Å². The van der Waals surface area contributed by atoms with Crippen molar-refractivity contribution in [3.8, 4) is 0 Å². The Bertz CT molecular complexity index is 1270. The van der Waals surface area contributed by atoms with E-state index in [0.717, 1.165) is 39.3 Å². The monoisotopic (exact) mass is 497 g/mol. The molecule has 0 spiro atoms. The van der Waals surface area contributed by atoms with Crippen LogP contribution in [-0.2, 0) is 14.8 Å². The minimum Gasteiger partial charge on any atom is -0.381 e. The Balaban J connectivity index is 0.00000361. The molecule has 1 unspecified atom stereocenters. The maximum absolute atomic E-state index is 13.0. The van der Waals surface area contributed by atoms with Crippen molar-refractivity contribution in [2.45, 2.75) is 12.8 Å². The first-order chi connectivity index (χ1) is 16.9. The van der Waals surface area contributed by atoms with Crippen molar-refractivity contribution in [2.24, 2.45) is 5.92 Å². The summed E-state index contributed by atoms with van der Waals surface area (Å²) in [6, 6.07) is 13.6. The van der Waals surface area contributed by atoms with Gasteiger partial charge in [0.05, 0.1) is 11.5 Å². The lowest BCUT2D eigenvalue weighted by Crippen LogP contribution is -2.50. The van der Waals surface area contributed by atoms with Crippen LogP contribution in [0.5, 0.6) is 0 Å². The Morgan fingerprint density at radius 2 is 1.83 bits per heavy atom. The van der Waals surface area contributed by atoms with Crippen molar-refractivity contribution in [3.05, 3.63) is 77.2 Å². The summed E-state index contributed by atoms with van der Waals surface area (Å²) in [6.45, 7) is 13.4. The lowest BCUT2D eigenvalue weighted by atomic mass is 10.0. The molecular formula is C27H35N3O4S. The number of hydrogen-bond acceptors (Lipinski definition) is 5. The Labute approximate surface area is 208 Å². The van der Waals surface area contributed by atoms with Crippen LogP contribution < -0.4 is 15.2 Å². The van der Waals surface area contributed by atoms with E-state index in [-0.39, 0.29) is 12.2 Å². The van der Waals surface area contributed by atoms with Crippen LogP contribution in [0.25, 0.3) is 11.5 Å². The lowest BCUT2D eigenvalue weighted by molar-refractivity contribution is 0.0274. The van der Waals surface area contributed by atoms with E-state index in [9.17, 15) is 13.2 Å². The minimum absolute atomic E-state index is 0. The molecule has 2 aromatic carbocycles. The molecule has 1 amide bonds. The number of sulfonamides is 1. The zero-order valence-electron chi connectivity index (χ0n) is 20.0. The quantitative estimate of drug-likeness (QED) is 0.635. The third-order valence-corrected chi connectivity index (χ3v) is 8.04. The number of amides is 1. The number of nitrogens with zero attached hydrogens (tertiary/aromatic N) is 2. The van der Waals surface area contributed by atoms with Crippen LogP contribution in [0, 0.1) is 5.92 Å². The van der Waals surface area contributed by atoms with Gasteiger partial charge in [-0.2, -0.15) is 0 Å². The maximum Gasteiger partial charge on any atom is 0.262 e. The molecule has 4 rings (SSSR count). The van der Waals surface area contributed by atoms with Crippen molar-refractivity contribution >= 4 is 33.1 Å². The summed E-state index contributed by atoms with van der Waals surface area (Å²) in [7, 11) is -3.87. The first kappa shape index (κ1) is 25.2. The number of rotatable bonds is 7. The van der Waals surface area contributed by atoms with Gasteiger partial charge >= 0.3 is 0 Å². The first-order valence-electron chi connectivity index (χ1n) is 12.0. The molecule has 0 aromatic heterocycles. The molecule has 1 atom stereocenters. The number of carbonyl (C=O) groups is 1. The summed E-state index contributed by atoms with van der Waals surface area (Å²) >= 11 is 0. The van der Waals surface area contributed by atoms with E-state index in [0.29, 0.717) is 40.7 Å². The smallest absolute Gasteiger partial charge is 0.262 e. The Kier molecular flexibility index (Phi) is 8.05. The van der Waals surface area contributed by atoms with E-state index in [2.05, 4.69) is 22.8 Å². The number of piperazine rings is 1. The van der Waals surface area contributed by atoms with Crippen molar-refractivity contribution in [2.75, 3.05) is 50.7 Å². The number of nitrogens with one attached hydrogen (secondary N) is 1. The van der Waals surface area contributed by atoms with Crippen molar-refractivity contribution in [3.63, 3.8) is 0 Å². The second-order valence-electron chi connectivity index (χ2n) is 9.08. The zero-order chi connectivity index (χ0) is 24.8. The SMILES string of the molecule is C=C/C(=c1/ccccc1=C)S(=O)(=O)Nc1ccc(C(=O)N2CCN(CC3CCCOC3)CC2)cc1.[HH]. The van der Waals surface area contributed by atoms with Gasteiger partial charge in [0.25, 0.3) is 15.9 Å². The van der Waals surface area contributed by atoms with Gasteiger partial charge in [0, 0.05) is 57.2 Å². The summed E-state index contributed by atoms with van der Waals surface area (Å²) in [5.74, 6) is 0.549. The molecule has 2 saturated heterocycles. The summed E-state index contributed by atoms with van der Waals surface area (Å²) in [4.78, 5) is 17.3. The zero-order valence-corrected chi connectivity index (χ0v) is 20.8. The molecule has 1 N–H and O–H groups in total. The fourth-order valence-electron chi connectivity index (χ4n) is 4.65. The predicted molar refractivity (Wildman–Crippen MR) is 142 cm³/mol. The molecule has 2 heterocycles. The highest BCUT2D eigenvalue weighted by Crippen LogP contribution is 2.19. The number of ether oxygens (including phenoxy) is 1. The highest BCUT2D eigenvalue weighted by molar-refractivity contribution is 8.01. The minimum atomic E-state index is -3.87. The molecule has 0 radical (unpaired) electrons. The maximum atomic E-state index is 13.0. The molecule has 8 heteroatoms. The third-order valence-electron chi connectivity index (χ3n) is 6.57. The van der Waals surface area contributed by atoms with Gasteiger partial charge in [0.1, 0.15) is 0 Å². The van der Waals surface area contributed by atoms with Crippen LogP contribution in [0.1, 0.15) is 24.6 Å². The molecule has 2 fully saturated rings. The van der Waals surface area contributed by atoms with Gasteiger partial charge in [0.15, 0.2) is 0 Å². The Morgan fingerprint density at radius 3 is 2.46 bits per heavy atom. The van der Waals surface area contributed by atoms with Gasteiger partial charge in [-0.3, -0.25) is 14.4 Å². The highest BCUT2D eigenvalue weighted by Gasteiger charge is 2.25. The fourth-order valence-corrected chi connectivity index (χ4v) is 5.91. The summed E-state index contributed by atoms with van der Waals surface area (Å²) in [5.41, 5.74) is 0.917.